The Morgan fingerprint density at radius 2 is 1.89 bits per heavy atom. The van der Waals surface area contributed by atoms with E-state index in [-0.39, 0.29) is 30.4 Å². The Balaban J connectivity index is 2.02. The first-order valence-corrected chi connectivity index (χ1v) is 7.25. The molecule has 0 radical (unpaired) electrons. The molecule has 2 aliphatic rings. The van der Waals surface area contributed by atoms with Gasteiger partial charge in [0, 0.05) is 6.04 Å². The summed E-state index contributed by atoms with van der Waals surface area (Å²) in [6.07, 6.45) is 2.68. The number of piperidine rings is 1. The summed E-state index contributed by atoms with van der Waals surface area (Å²) in [6, 6.07) is -0.0784. The molecule has 0 aliphatic carbocycles. The van der Waals surface area contributed by atoms with E-state index in [0.717, 1.165) is 32.4 Å². The van der Waals surface area contributed by atoms with Gasteiger partial charge in [-0.3, -0.25) is 9.59 Å². The first-order valence-electron chi connectivity index (χ1n) is 7.25. The molecule has 2 heterocycles. The quantitative estimate of drug-likeness (QED) is 0.808. The fourth-order valence-corrected chi connectivity index (χ4v) is 2.98. The fraction of sp³-hybridized carbons (Fsp3) is 0.857. The minimum atomic E-state index is -0.319. The second-order valence-electron chi connectivity index (χ2n) is 6.25. The van der Waals surface area contributed by atoms with Crippen LogP contribution in [-0.2, 0) is 9.59 Å². The highest BCUT2D eigenvalue weighted by Crippen LogP contribution is 2.20. The van der Waals surface area contributed by atoms with Gasteiger partial charge in [0.05, 0.1) is 6.54 Å². The molecule has 0 aromatic rings. The Morgan fingerprint density at radius 1 is 1.26 bits per heavy atom. The number of hydrogen-bond acceptors (Lipinski definition) is 3. The predicted molar refractivity (Wildman–Crippen MR) is 73.6 cm³/mol. The van der Waals surface area contributed by atoms with E-state index in [1.807, 2.05) is 4.90 Å². The highest BCUT2D eigenvalue weighted by molar-refractivity contribution is 5.95. The molecule has 19 heavy (non-hydrogen) atoms. The van der Waals surface area contributed by atoms with Crippen molar-refractivity contribution in [3.05, 3.63) is 0 Å². The van der Waals surface area contributed by atoms with Crippen LogP contribution in [0.15, 0.2) is 0 Å². The van der Waals surface area contributed by atoms with Crippen LogP contribution < -0.4 is 5.32 Å². The first kappa shape index (κ1) is 14.3. The third kappa shape index (κ3) is 3.47. The lowest BCUT2D eigenvalue weighted by Gasteiger charge is -2.41. The van der Waals surface area contributed by atoms with Crippen LogP contribution >= 0.6 is 0 Å². The average molecular weight is 267 g/mol. The van der Waals surface area contributed by atoms with Crippen molar-refractivity contribution in [1.29, 1.82) is 0 Å². The number of nitrogens with one attached hydrogen (secondary N) is 1. The topological polar surface area (TPSA) is 52.7 Å². The molecular formula is C14H25N3O2. The zero-order valence-electron chi connectivity index (χ0n) is 12.2. The number of rotatable bonds is 3. The third-order valence-corrected chi connectivity index (χ3v) is 4.07. The van der Waals surface area contributed by atoms with Gasteiger partial charge in [0.25, 0.3) is 0 Å². The van der Waals surface area contributed by atoms with E-state index in [1.165, 1.54) is 0 Å². The molecule has 2 rings (SSSR count). The molecule has 2 saturated heterocycles. The van der Waals surface area contributed by atoms with Gasteiger partial charge in [-0.2, -0.15) is 0 Å². The van der Waals surface area contributed by atoms with E-state index < -0.39 is 0 Å². The highest BCUT2D eigenvalue weighted by Gasteiger charge is 2.37. The first-order chi connectivity index (χ1) is 8.97. The lowest BCUT2D eigenvalue weighted by Crippen LogP contribution is -2.62. The van der Waals surface area contributed by atoms with Crippen molar-refractivity contribution in [1.82, 2.24) is 15.1 Å². The summed E-state index contributed by atoms with van der Waals surface area (Å²) in [4.78, 5) is 28.4. The summed E-state index contributed by atoms with van der Waals surface area (Å²) in [5.74, 6) is 0.513. The average Bonchev–Trinajstić information content (AvgIpc) is 2.34. The SMILES string of the molecule is CC(C)CC1NC(=O)CN(C2CCN(C)CC2)C1=O. The smallest absolute Gasteiger partial charge is 0.245 e. The molecule has 5 nitrogen and oxygen atoms in total. The Kier molecular flexibility index (Phi) is 4.45. The van der Waals surface area contributed by atoms with Gasteiger partial charge in [-0.05, 0) is 45.3 Å². The summed E-state index contributed by atoms with van der Waals surface area (Å²) in [5.41, 5.74) is 0. The van der Waals surface area contributed by atoms with Crippen molar-refractivity contribution in [3.8, 4) is 0 Å². The van der Waals surface area contributed by atoms with Crippen LogP contribution in [0.2, 0.25) is 0 Å². The molecule has 2 fully saturated rings. The Bertz CT molecular complexity index is 349. The predicted octanol–water partition coefficient (Wildman–Crippen LogP) is 0.454. The van der Waals surface area contributed by atoms with Crippen LogP contribution in [-0.4, -0.2) is 60.4 Å². The summed E-state index contributed by atoms with van der Waals surface area (Å²) >= 11 is 0. The van der Waals surface area contributed by atoms with Crippen LogP contribution in [0.1, 0.15) is 33.1 Å². The standard InChI is InChI=1S/C14H25N3O2/c1-10(2)8-12-14(19)17(9-13(18)15-12)11-4-6-16(3)7-5-11/h10-12H,4-9H2,1-3H3,(H,15,18). The zero-order valence-corrected chi connectivity index (χ0v) is 12.2. The summed E-state index contributed by atoms with van der Waals surface area (Å²) in [5, 5.41) is 2.83. The molecule has 0 aromatic heterocycles. The summed E-state index contributed by atoms with van der Waals surface area (Å²) < 4.78 is 0. The normalized spacial score (nSPS) is 26.9. The number of carbonyl (C=O) groups excluding carboxylic acids is 2. The molecule has 1 unspecified atom stereocenters. The van der Waals surface area contributed by atoms with Crippen molar-refractivity contribution in [2.24, 2.45) is 5.92 Å². The maximum atomic E-state index is 12.5. The van der Waals surface area contributed by atoms with Crippen LogP contribution in [0.3, 0.4) is 0 Å². The highest BCUT2D eigenvalue weighted by atomic mass is 16.2. The molecule has 108 valence electrons. The van der Waals surface area contributed by atoms with Crippen molar-refractivity contribution >= 4 is 11.8 Å². The molecule has 0 spiro atoms. The lowest BCUT2D eigenvalue weighted by molar-refractivity contribution is -0.148. The fourth-order valence-electron chi connectivity index (χ4n) is 2.98. The van der Waals surface area contributed by atoms with Gasteiger partial charge in [0.1, 0.15) is 6.04 Å². The largest absolute Gasteiger partial charge is 0.343 e. The van der Waals surface area contributed by atoms with Crippen LogP contribution in [0.5, 0.6) is 0 Å². The molecule has 1 atom stereocenters. The molecular weight excluding hydrogens is 242 g/mol. The molecule has 2 amide bonds. The monoisotopic (exact) mass is 267 g/mol. The molecule has 1 N–H and O–H groups in total. The van der Waals surface area contributed by atoms with E-state index in [0.29, 0.717) is 5.92 Å². The van der Waals surface area contributed by atoms with Crippen LogP contribution in [0.4, 0.5) is 0 Å². The number of piperazine rings is 1. The molecule has 0 bridgehead atoms. The molecule has 5 heteroatoms. The Labute approximate surface area is 115 Å². The maximum absolute atomic E-state index is 12.5. The second-order valence-corrected chi connectivity index (χ2v) is 6.25. The van der Waals surface area contributed by atoms with E-state index in [2.05, 4.69) is 31.1 Å². The number of amides is 2. The summed E-state index contributed by atoms with van der Waals surface area (Å²) in [6.45, 7) is 6.40. The van der Waals surface area contributed by atoms with E-state index >= 15 is 0 Å². The summed E-state index contributed by atoms with van der Waals surface area (Å²) in [7, 11) is 2.10. The number of hydrogen-bond donors (Lipinski definition) is 1. The Morgan fingerprint density at radius 3 is 2.47 bits per heavy atom. The lowest BCUT2D eigenvalue weighted by atomic mass is 9.97. The second kappa shape index (κ2) is 5.90. The van der Waals surface area contributed by atoms with Crippen molar-refractivity contribution < 1.29 is 9.59 Å². The van der Waals surface area contributed by atoms with Gasteiger partial charge in [-0.15, -0.1) is 0 Å². The molecule has 0 saturated carbocycles. The zero-order chi connectivity index (χ0) is 14.0. The number of nitrogens with zero attached hydrogens (tertiary/aromatic N) is 2. The van der Waals surface area contributed by atoms with Crippen LogP contribution in [0, 0.1) is 5.92 Å². The Hall–Kier alpha value is -1.10. The van der Waals surface area contributed by atoms with Gasteiger partial charge >= 0.3 is 0 Å². The van der Waals surface area contributed by atoms with E-state index in [1.54, 1.807) is 0 Å². The van der Waals surface area contributed by atoms with Gasteiger partial charge in [-0.1, -0.05) is 13.8 Å². The van der Waals surface area contributed by atoms with E-state index in [4.69, 9.17) is 0 Å². The van der Waals surface area contributed by atoms with Crippen molar-refractivity contribution in [2.45, 2.75) is 45.2 Å². The minimum Gasteiger partial charge on any atom is -0.343 e. The number of likely N-dealkylation sites (tertiary alicyclic amines) is 1. The minimum absolute atomic E-state index is 0.0100. The number of carbonyl (C=O) groups is 2. The van der Waals surface area contributed by atoms with Gasteiger partial charge < -0.3 is 15.1 Å². The van der Waals surface area contributed by atoms with Gasteiger partial charge in [0.15, 0.2) is 0 Å². The van der Waals surface area contributed by atoms with Crippen molar-refractivity contribution in [3.63, 3.8) is 0 Å². The van der Waals surface area contributed by atoms with E-state index in [9.17, 15) is 9.59 Å². The molecule has 2 aliphatic heterocycles. The van der Waals surface area contributed by atoms with Gasteiger partial charge in [-0.25, -0.2) is 0 Å². The van der Waals surface area contributed by atoms with Crippen LogP contribution in [0.25, 0.3) is 0 Å². The van der Waals surface area contributed by atoms with Gasteiger partial charge in [0.2, 0.25) is 11.8 Å². The maximum Gasteiger partial charge on any atom is 0.245 e. The molecule has 0 aromatic carbocycles. The van der Waals surface area contributed by atoms with Crippen molar-refractivity contribution in [2.75, 3.05) is 26.7 Å². The third-order valence-electron chi connectivity index (χ3n) is 4.07.